The van der Waals surface area contributed by atoms with Gasteiger partial charge in [0.15, 0.2) is 6.61 Å². The molecule has 1 N–H and O–H groups in total. The molecule has 6 heteroatoms. The van der Waals surface area contributed by atoms with E-state index >= 15 is 0 Å². The number of esters is 1. The van der Waals surface area contributed by atoms with E-state index in [2.05, 4.69) is 24.3 Å². The molecule has 0 unspecified atom stereocenters. The van der Waals surface area contributed by atoms with E-state index in [4.69, 9.17) is 4.74 Å². The van der Waals surface area contributed by atoms with Crippen LogP contribution < -0.4 is 5.32 Å². The van der Waals surface area contributed by atoms with Gasteiger partial charge >= 0.3 is 5.97 Å². The third kappa shape index (κ3) is 4.26. The summed E-state index contributed by atoms with van der Waals surface area (Å²) in [7, 11) is 0. The summed E-state index contributed by atoms with van der Waals surface area (Å²) in [5.74, 6) is 0.264. The van der Waals surface area contributed by atoms with Crippen LogP contribution in [0.15, 0.2) is 30.3 Å². The molecule has 3 atom stereocenters. The number of nitrogens with zero attached hydrogens (tertiary/aromatic N) is 2. The molecule has 1 aromatic carbocycles. The number of ether oxygens (including phenoxy) is 1. The highest BCUT2D eigenvalue weighted by atomic mass is 16.5. The van der Waals surface area contributed by atoms with Crippen molar-refractivity contribution in [2.24, 2.45) is 11.8 Å². The van der Waals surface area contributed by atoms with E-state index < -0.39 is 5.97 Å². The van der Waals surface area contributed by atoms with Gasteiger partial charge in [-0.25, -0.2) is 9.48 Å². The fourth-order valence-corrected chi connectivity index (χ4v) is 4.00. The lowest BCUT2D eigenvalue weighted by atomic mass is 9.78. The maximum atomic E-state index is 12.6. The number of amides is 1. The zero-order valence-corrected chi connectivity index (χ0v) is 17.1. The molecule has 1 aliphatic rings. The lowest BCUT2D eigenvalue weighted by Crippen LogP contribution is -2.45. The number of hydrogen-bond donors (Lipinski definition) is 1. The third-order valence-corrected chi connectivity index (χ3v) is 5.88. The topological polar surface area (TPSA) is 73.2 Å². The first-order valence-electron chi connectivity index (χ1n) is 9.96. The van der Waals surface area contributed by atoms with Crippen molar-refractivity contribution in [3.63, 3.8) is 0 Å². The highest BCUT2D eigenvalue weighted by Gasteiger charge is 2.28. The van der Waals surface area contributed by atoms with E-state index in [-0.39, 0.29) is 18.6 Å². The molecule has 1 amide bonds. The first-order chi connectivity index (χ1) is 13.4. The van der Waals surface area contributed by atoms with Crippen molar-refractivity contribution in [1.82, 2.24) is 15.1 Å². The van der Waals surface area contributed by atoms with Crippen LogP contribution in [-0.2, 0) is 9.53 Å². The average Bonchev–Trinajstić information content (AvgIpc) is 2.98. The average molecular weight is 383 g/mol. The second-order valence-corrected chi connectivity index (χ2v) is 7.81. The Kier molecular flexibility index (Phi) is 6.17. The van der Waals surface area contributed by atoms with Crippen molar-refractivity contribution in [3.05, 3.63) is 47.3 Å². The fourth-order valence-electron chi connectivity index (χ4n) is 4.00. The minimum Gasteiger partial charge on any atom is -0.452 e. The van der Waals surface area contributed by atoms with Gasteiger partial charge in [0.2, 0.25) is 0 Å². The van der Waals surface area contributed by atoms with Gasteiger partial charge in [0.05, 0.1) is 17.1 Å². The van der Waals surface area contributed by atoms with Gasteiger partial charge in [-0.15, -0.1) is 0 Å². The number of benzene rings is 1. The normalized spacial score (nSPS) is 21.9. The number of rotatable bonds is 5. The molecule has 0 radical (unpaired) electrons. The predicted molar refractivity (Wildman–Crippen MR) is 107 cm³/mol. The largest absolute Gasteiger partial charge is 0.452 e. The number of carbonyl (C=O) groups excluding carboxylic acids is 2. The summed E-state index contributed by atoms with van der Waals surface area (Å²) >= 11 is 0. The quantitative estimate of drug-likeness (QED) is 0.801. The number of hydrogen-bond acceptors (Lipinski definition) is 4. The van der Waals surface area contributed by atoms with Crippen LogP contribution in [0.4, 0.5) is 0 Å². The summed E-state index contributed by atoms with van der Waals surface area (Å²) in [5.41, 5.74) is 2.57. The molecule has 1 fully saturated rings. The van der Waals surface area contributed by atoms with Gasteiger partial charge in [-0.1, -0.05) is 44.9 Å². The second kappa shape index (κ2) is 8.59. The molecule has 28 heavy (non-hydrogen) atoms. The Labute approximate surface area is 166 Å². The molecule has 1 saturated carbocycles. The van der Waals surface area contributed by atoms with Gasteiger partial charge in [0, 0.05) is 6.04 Å². The maximum absolute atomic E-state index is 12.6. The summed E-state index contributed by atoms with van der Waals surface area (Å²) in [4.78, 5) is 24.9. The molecule has 2 aromatic rings. The van der Waals surface area contributed by atoms with E-state index in [0.717, 1.165) is 18.5 Å². The summed E-state index contributed by atoms with van der Waals surface area (Å²) in [6.07, 6.45) is 3.30. The van der Waals surface area contributed by atoms with Crippen LogP contribution in [0.1, 0.15) is 54.9 Å². The van der Waals surface area contributed by atoms with Crippen LogP contribution in [0.2, 0.25) is 0 Å². The highest BCUT2D eigenvalue weighted by molar-refractivity contribution is 5.93. The smallest absolute Gasteiger partial charge is 0.342 e. The molecule has 0 aliphatic heterocycles. The van der Waals surface area contributed by atoms with Crippen molar-refractivity contribution >= 4 is 11.9 Å². The minimum absolute atomic E-state index is 0.152. The number of aromatic nitrogens is 2. The molecular weight excluding hydrogens is 354 g/mol. The Morgan fingerprint density at radius 2 is 1.89 bits per heavy atom. The second-order valence-electron chi connectivity index (χ2n) is 7.81. The Morgan fingerprint density at radius 1 is 1.18 bits per heavy atom. The van der Waals surface area contributed by atoms with Gasteiger partial charge in [-0.2, -0.15) is 5.10 Å². The van der Waals surface area contributed by atoms with Crippen molar-refractivity contribution < 1.29 is 14.3 Å². The summed E-state index contributed by atoms with van der Waals surface area (Å²) in [6, 6.07) is 9.77. The number of aryl methyl sites for hydroxylation is 1. The van der Waals surface area contributed by atoms with E-state index in [1.807, 2.05) is 37.3 Å². The van der Waals surface area contributed by atoms with Crippen LogP contribution in [0.25, 0.3) is 5.69 Å². The predicted octanol–water partition coefficient (Wildman–Crippen LogP) is 3.59. The molecule has 3 rings (SSSR count). The van der Waals surface area contributed by atoms with Gasteiger partial charge in [0.25, 0.3) is 5.91 Å². The molecule has 0 saturated heterocycles. The van der Waals surface area contributed by atoms with E-state index in [1.165, 1.54) is 6.42 Å². The van der Waals surface area contributed by atoms with Gasteiger partial charge in [-0.3, -0.25) is 4.79 Å². The van der Waals surface area contributed by atoms with E-state index in [1.54, 1.807) is 11.6 Å². The lowest BCUT2D eigenvalue weighted by Gasteiger charge is -2.34. The van der Waals surface area contributed by atoms with Crippen molar-refractivity contribution in [2.45, 2.75) is 53.0 Å². The maximum Gasteiger partial charge on any atom is 0.342 e. The Balaban J connectivity index is 1.62. The minimum atomic E-state index is -0.516. The summed E-state index contributed by atoms with van der Waals surface area (Å²) in [5, 5.41) is 7.48. The Hall–Kier alpha value is -2.63. The molecule has 6 nitrogen and oxygen atoms in total. The molecule has 150 valence electrons. The Morgan fingerprint density at radius 3 is 2.61 bits per heavy atom. The molecule has 1 aliphatic carbocycles. The van der Waals surface area contributed by atoms with Crippen LogP contribution in [0, 0.1) is 25.7 Å². The summed E-state index contributed by atoms with van der Waals surface area (Å²) in [6.45, 7) is 7.72. The van der Waals surface area contributed by atoms with Gasteiger partial charge in [-0.05, 0) is 44.2 Å². The van der Waals surface area contributed by atoms with Crippen LogP contribution in [-0.4, -0.2) is 34.3 Å². The van der Waals surface area contributed by atoms with Crippen molar-refractivity contribution in [2.75, 3.05) is 6.61 Å². The first-order valence-corrected chi connectivity index (χ1v) is 9.96. The molecule has 0 bridgehead atoms. The van der Waals surface area contributed by atoms with Crippen LogP contribution >= 0.6 is 0 Å². The molecule has 0 spiro atoms. The SMILES string of the molecule is Cc1nn(-c2ccccc2)c(C)c1C(=O)OCC(=O)N[C@H]1CCC[C@@H](C)[C@H]1C. The van der Waals surface area contributed by atoms with Crippen molar-refractivity contribution in [1.29, 1.82) is 0 Å². The zero-order chi connectivity index (χ0) is 20.3. The number of para-hydroxylation sites is 1. The van der Waals surface area contributed by atoms with Crippen LogP contribution in [0.5, 0.6) is 0 Å². The van der Waals surface area contributed by atoms with Crippen LogP contribution in [0.3, 0.4) is 0 Å². The molecule has 1 heterocycles. The zero-order valence-electron chi connectivity index (χ0n) is 17.1. The number of carbonyl (C=O) groups is 2. The number of nitrogens with one attached hydrogen (secondary N) is 1. The van der Waals surface area contributed by atoms with E-state index in [0.29, 0.717) is 28.8 Å². The summed E-state index contributed by atoms with van der Waals surface area (Å²) < 4.78 is 7.02. The van der Waals surface area contributed by atoms with Gasteiger partial charge < -0.3 is 10.1 Å². The fraction of sp³-hybridized carbons (Fsp3) is 0.500. The van der Waals surface area contributed by atoms with Crippen molar-refractivity contribution in [3.8, 4) is 5.69 Å². The molecular formula is C22H29N3O3. The lowest BCUT2D eigenvalue weighted by molar-refractivity contribution is -0.125. The first kappa shape index (κ1) is 20.1. The third-order valence-electron chi connectivity index (χ3n) is 5.88. The standard InChI is InChI=1S/C22H29N3O3/c1-14-9-8-12-19(15(14)2)23-20(26)13-28-22(27)21-16(3)24-25(17(21)4)18-10-6-5-7-11-18/h5-7,10-11,14-15,19H,8-9,12-13H2,1-4H3,(H,23,26)/t14-,15-,19+/m1/s1. The molecule has 1 aromatic heterocycles. The highest BCUT2D eigenvalue weighted by Crippen LogP contribution is 2.29. The van der Waals surface area contributed by atoms with Gasteiger partial charge in [0.1, 0.15) is 5.56 Å². The van der Waals surface area contributed by atoms with E-state index in [9.17, 15) is 9.59 Å². The monoisotopic (exact) mass is 383 g/mol. The Bertz CT molecular complexity index is 844.